The maximum atomic E-state index is 12.7. The second-order valence-corrected chi connectivity index (χ2v) is 7.79. The van der Waals surface area contributed by atoms with E-state index in [2.05, 4.69) is 5.32 Å². The van der Waals surface area contributed by atoms with Crippen LogP contribution in [0.1, 0.15) is 19.4 Å². The van der Waals surface area contributed by atoms with Gasteiger partial charge in [-0.15, -0.1) is 0 Å². The summed E-state index contributed by atoms with van der Waals surface area (Å²) in [6.07, 6.45) is 1.85. The molecule has 0 aliphatic heterocycles. The lowest BCUT2D eigenvalue weighted by molar-refractivity contribution is -0.116. The van der Waals surface area contributed by atoms with Gasteiger partial charge in [0, 0.05) is 5.69 Å². The molecule has 0 aliphatic rings. The Bertz CT molecular complexity index is 863. The molecule has 0 aliphatic carbocycles. The van der Waals surface area contributed by atoms with Crippen molar-refractivity contribution in [1.82, 2.24) is 0 Å². The minimum Gasteiger partial charge on any atom is -0.497 e. The van der Waals surface area contributed by atoms with Crippen LogP contribution in [-0.2, 0) is 21.2 Å². The number of methoxy groups -OCH3 is 1. The molecule has 2 aromatic carbocycles. The molecule has 140 valence electrons. The van der Waals surface area contributed by atoms with Crippen molar-refractivity contribution >= 4 is 27.3 Å². The first-order valence-electron chi connectivity index (χ1n) is 8.30. The number of rotatable bonds is 7. The lowest BCUT2D eigenvalue weighted by Crippen LogP contribution is -2.45. The van der Waals surface area contributed by atoms with Crippen LogP contribution in [-0.4, -0.2) is 33.7 Å². The summed E-state index contributed by atoms with van der Waals surface area (Å²) < 4.78 is 30.9. The third-order valence-electron chi connectivity index (χ3n) is 4.07. The Kier molecular flexibility index (Phi) is 6.26. The molecular weight excluding hydrogens is 352 g/mol. The highest BCUT2D eigenvalue weighted by molar-refractivity contribution is 7.92. The molecule has 26 heavy (non-hydrogen) atoms. The first-order chi connectivity index (χ1) is 12.3. The van der Waals surface area contributed by atoms with Crippen molar-refractivity contribution in [3.63, 3.8) is 0 Å². The van der Waals surface area contributed by atoms with Gasteiger partial charge in [0.1, 0.15) is 11.8 Å². The Morgan fingerprint density at radius 3 is 2.31 bits per heavy atom. The molecule has 0 radical (unpaired) electrons. The highest BCUT2D eigenvalue weighted by atomic mass is 32.2. The quantitative estimate of drug-likeness (QED) is 0.806. The Morgan fingerprint density at radius 2 is 1.77 bits per heavy atom. The summed E-state index contributed by atoms with van der Waals surface area (Å²) in [7, 11) is -2.13. The van der Waals surface area contributed by atoms with E-state index in [-0.39, 0.29) is 0 Å². The van der Waals surface area contributed by atoms with Gasteiger partial charge in [0.2, 0.25) is 15.9 Å². The molecule has 0 fully saturated rings. The van der Waals surface area contributed by atoms with Crippen molar-refractivity contribution in [2.75, 3.05) is 23.0 Å². The summed E-state index contributed by atoms with van der Waals surface area (Å²) in [6, 6.07) is 13.1. The van der Waals surface area contributed by atoms with Gasteiger partial charge in [-0.3, -0.25) is 9.10 Å². The molecule has 2 rings (SSSR count). The average molecular weight is 376 g/mol. The van der Waals surface area contributed by atoms with E-state index in [4.69, 9.17) is 4.74 Å². The summed E-state index contributed by atoms with van der Waals surface area (Å²) in [6.45, 7) is 3.56. The van der Waals surface area contributed by atoms with Gasteiger partial charge in [0.05, 0.1) is 19.1 Å². The Morgan fingerprint density at radius 1 is 1.15 bits per heavy atom. The molecule has 0 saturated heterocycles. The third kappa shape index (κ3) is 4.54. The van der Waals surface area contributed by atoms with Gasteiger partial charge in [-0.25, -0.2) is 8.42 Å². The maximum Gasteiger partial charge on any atom is 0.248 e. The van der Waals surface area contributed by atoms with E-state index >= 15 is 0 Å². The summed E-state index contributed by atoms with van der Waals surface area (Å²) in [5.74, 6) is 0.211. The van der Waals surface area contributed by atoms with Crippen LogP contribution in [0.2, 0.25) is 0 Å². The SMILES string of the molecule is CCc1ccccc1NC(=O)[C@H](C)N(c1ccc(OC)cc1)S(C)(=O)=O. The number of nitrogens with zero attached hydrogens (tertiary/aromatic N) is 1. The van der Waals surface area contributed by atoms with Crippen LogP contribution >= 0.6 is 0 Å². The lowest BCUT2D eigenvalue weighted by atomic mass is 10.1. The van der Waals surface area contributed by atoms with E-state index in [1.807, 2.05) is 31.2 Å². The van der Waals surface area contributed by atoms with E-state index in [9.17, 15) is 13.2 Å². The lowest BCUT2D eigenvalue weighted by Gasteiger charge is -2.28. The molecule has 2 aromatic rings. The number of anilines is 2. The molecule has 1 atom stereocenters. The van der Waals surface area contributed by atoms with Crippen LogP contribution < -0.4 is 14.4 Å². The molecule has 0 unspecified atom stereocenters. The van der Waals surface area contributed by atoms with Gasteiger partial charge in [0.15, 0.2) is 0 Å². The summed E-state index contributed by atoms with van der Waals surface area (Å²) >= 11 is 0. The van der Waals surface area contributed by atoms with Crippen molar-refractivity contribution in [3.8, 4) is 5.75 Å². The third-order valence-corrected chi connectivity index (χ3v) is 5.31. The number of amides is 1. The second-order valence-electron chi connectivity index (χ2n) is 5.93. The Balaban J connectivity index is 2.31. The van der Waals surface area contributed by atoms with Crippen LogP contribution in [0, 0.1) is 0 Å². The zero-order chi connectivity index (χ0) is 19.3. The first kappa shape index (κ1) is 19.8. The number of benzene rings is 2. The molecule has 1 amide bonds. The van der Waals surface area contributed by atoms with E-state index in [0.717, 1.165) is 22.5 Å². The predicted molar refractivity (Wildman–Crippen MR) is 104 cm³/mol. The van der Waals surface area contributed by atoms with Gasteiger partial charge in [-0.1, -0.05) is 25.1 Å². The van der Waals surface area contributed by atoms with Crippen molar-refractivity contribution in [1.29, 1.82) is 0 Å². The van der Waals surface area contributed by atoms with Gasteiger partial charge in [-0.05, 0) is 49.2 Å². The monoisotopic (exact) mass is 376 g/mol. The van der Waals surface area contributed by atoms with Crippen LogP contribution in [0.15, 0.2) is 48.5 Å². The fourth-order valence-corrected chi connectivity index (χ4v) is 3.90. The number of aryl methyl sites for hydroxylation is 1. The van der Waals surface area contributed by atoms with Gasteiger partial charge < -0.3 is 10.1 Å². The van der Waals surface area contributed by atoms with Crippen molar-refractivity contribution in [2.24, 2.45) is 0 Å². The normalized spacial score (nSPS) is 12.3. The molecule has 0 aromatic heterocycles. The van der Waals surface area contributed by atoms with E-state index in [0.29, 0.717) is 17.1 Å². The molecule has 0 saturated carbocycles. The van der Waals surface area contributed by atoms with Gasteiger partial charge >= 0.3 is 0 Å². The summed E-state index contributed by atoms with van der Waals surface area (Å²) in [5.41, 5.74) is 2.08. The molecule has 0 spiro atoms. The fraction of sp³-hybridized carbons (Fsp3) is 0.316. The molecule has 0 heterocycles. The minimum atomic E-state index is -3.66. The molecule has 6 nitrogen and oxygen atoms in total. The molecule has 0 bridgehead atoms. The highest BCUT2D eigenvalue weighted by Crippen LogP contribution is 2.25. The number of sulfonamides is 1. The number of hydrogen-bond acceptors (Lipinski definition) is 4. The number of para-hydroxylation sites is 1. The second kappa shape index (κ2) is 8.23. The molecule has 7 heteroatoms. The van der Waals surface area contributed by atoms with Crippen LogP contribution in [0.5, 0.6) is 5.75 Å². The number of carbonyl (C=O) groups excluding carboxylic acids is 1. The van der Waals surface area contributed by atoms with Crippen molar-refractivity contribution in [3.05, 3.63) is 54.1 Å². The number of carbonyl (C=O) groups is 1. The largest absolute Gasteiger partial charge is 0.497 e. The van der Waals surface area contributed by atoms with Gasteiger partial charge in [0.25, 0.3) is 0 Å². The minimum absolute atomic E-state index is 0.396. The zero-order valence-corrected chi connectivity index (χ0v) is 16.2. The molecule has 1 N–H and O–H groups in total. The zero-order valence-electron chi connectivity index (χ0n) is 15.4. The number of nitrogens with one attached hydrogen (secondary N) is 1. The Labute approximate surface area is 154 Å². The van der Waals surface area contributed by atoms with E-state index in [1.165, 1.54) is 7.11 Å². The average Bonchev–Trinajstić information content (AvgIpc) is 2.61. The van der Waals surface area contributed by atoms with Crippen LogP contribution in [0.4, 0.5) is 11.4 Å². The summed E-state index contributed by atoms with van der Waals surface area (Å²) in [5, 5.41) is 2.84. The van der Waals surface area contributed by atoms with Crippen LogP contribution in [0.25, 0.3) is 0 Å². The fourth-order valence-electron chi connectivity index (χ4n) is 2.73. The van der Waals surface area contributed by atoms with E-state index < -0.39 is 22.0 Å². The predicted octanol–water partition coefficient (Wildman–Crippen LogP) is 3.05. The van der Waals surface area contributed by atoms with Crippen LogP contribution in [0.3, 0.4) is 0 Å². The smallest absolute Gasteiger partial charge is 0.248 e. The number of hydrogen-bond donors (Lipinski definition) is 1. The van der Waals surface area contributed by atoms with Gasteiger partial charge in [-0.2, -0.15) is 0 Å². The number of ether oxygens (including phenoxy) is 1. The molecular formula is C19H24N2O4S. The standard InChI is InChI=1S/C19H24N2O4S/c1-5-15-8-6-7-9-18(15)20-19(22)14(2)21(26(4,23)24)16-10-12-17(25-3)13-11-16/h6-14H,5H2,1-4H3,(H,20,22)/t14-/m0/s1. The Hall–Kier alpha value is -2.54. The summed E-state index contributed by atoms with van der Waals surface area (Å²) in [4.78, 5) is 12.7. The van der Waals surface area contributed by atoms with Crippen molar-refractivity contribution in [2.45, 2.75) is 26.3 Å². The first-order valence-corrected chi connectivity index (χ1v) is 10.1. The highest BCUT2D eigenvalue weighted by Gasteiger charge is 2.29. The van der Waals surface area contributed by atoms with E-state index in [1.54, 1.807) is 31.2 Å². The topological polar surface area (TPSA) is 75.7 Å². The van der Waals surface area contributed by atoms with Crippen molar-refractivity contribution < 1.29 is 17.9 Å². The maximum absolute atomic E-state index is 12.7.